The maximum atomic E-state index is 14.5. The second-order valence-corrected chi connectivity index (χ2v) is 10.1. The van der Waals surface area contributed by atoms with Crippen LogP contribution in [0.1, 0.15) is 18.0 Å². The highest BCUT2D eigenvalue weighted by molar-refractivity contribution is 7.89. The molecule has 2 bridgehead atoms. The van der Waals surface area contributed by atoms with Crippen LogP contribution in [0.2, 0.25) is 0 Å². The number of carbonyl (C=O) groups is 1. The van der Waals surface area contributed by atoms with E-state index in [0.717, 1.165) is 18.2 Å². The lowest BCUT2D eigenvalue weighted by Crippen LogP contribution is -2.49. The number of halogens is 1. The Labute approximate surface area is 179 Å². The number of piperidine rings is 1. The van der Waals surface area contributed by atoms with Gasteiger partial charge in [0.1, 0.15) is 0 Å². The molecule has 1 saturated heterocycles. The molecule has 2 aliphatic rings. The van der Waals surface area contributed by atoms with Crippen molar-refractivity contribution in [3.8, 4) is 5.75 Å². The Morgan fingerprint density at radius 2 is 1.97 bits per heavy atom. The normalized spacial score (nSPS) is 20.7. The molecule has 0 spiro atoms. The standard InChI is InChI=1S/C21H24FN3O5S/c1-23(2)21(27)13-30-19-7-6-16(9-17(19)22)31(28,29)24-10-14-8-15(12-24)18-4-3-5-20(26)25(18)11-14/h3-7,9,14-15H,8,10-13H2,1-2H3/t14-,15+/m1/s1. The maximum Gasteiger partial charge on any atom is 0.259 e. The fraction of sp³-hybridized carbons (Fsp3) is 0.429. The molecule has 2 aliphatic heterocycles. The monoisotopic (exact) mass is 449 g/mol. The number of hydrogen-bond donors (Lipinski definition) is 0. The molecule has 0 saturated carbocycles. The average molecular weight is 450 g/mol. The molecule has 0 radical (unpaired) electrons. The Bertz CT molecular complexity index is 1180. The van der Waals surface area contributed by atoms with Crippen molar-refractivity contribution in [1.82, 2.24) is 13.8 Å². The number of rotatable bonds is 5. The van der Waals surface area contributed by atoms with Crippen molar-refractivity contribution in [3.63, 3.8) is 0 Å². The number of pyridine rings is 1. The SMILES string of the molecule is CN(C)C(=O)COc1ccc(S(=O)(=O)N2C[C@H]3C[C@@H](C2)c2cccc(=O)n2C3)cc1F. The van der Waals surface area contributed by atoms with E-state index in [4.69, 9.17) is 4.74 Å². The third-order valence-corrected chi connectivity index (χ3v) is 7.66. The molecule has 3 heterocycles. The molecule has 0 unspecified atom stereocenters. The summed E-state index contributed by atoms with van der Waals surface area (Å²) in [6.45, 7) is 0.638. The Kier molecular flexibility index (Phi) is 5.61. The van der Waals surface area contributed by atoms with Crippen molar-refractivity contribution in [1.29, 1.82) is 0 Å². The van der Waals surface area contributed by atoms with Gasteiger partial charge in [-0.15, -0.1) is 0 Å². The van der Waals surface area contributed by atoms with E-state index in [0.29, 0.717) is 6.54 Å². The second-order valence-electron chi connectivity index (χ2n) is 8.19. The van der Waals surface area contributed by atoms with Crippen molar-refractivity contribution in [2.45, 2.75) is 23.8 Å². The third-order valence-electron chi connectivity index (χ3n) is 5.84. The van der Waals surface area contributed by atoms with Gasteiger partial charge in [-0.05, 0) is 36.6 Å². The van der Waals surface area contributed by atoms with Crippen LogP contribution < -0.4 is 10.3 Å². The van der Waals surface area contributed by atoms with Crippen molar-refractivity contribution in [3.05, 3.63) is 58.3 Å². The van der Waals surface area contributed by atoms with Gasteiger partial charge in [0.05, 0.1) is 4.90 Å². The minimum Gasteiger partial charge on any atom is -0.481 e. The van der Waals surface area contributed by atoms with Gasteiger partial charge in [0.15, 0.2) is 18.2 Å². The average Bonchev–Trinajstić information content (AvgIpc) is 2.73. The second kappa shape index (κ2) is 8.08. The van der Waals surface area contributed by atoms with E-state index in [-0.39, 0.29) is 53.6 Å². The number of hydrogen-bond acceptors (Lipinski definition) is 5. The Morgan fingerprint density at radius 1 is 1.19 bits per heavy atom. The van der Waals surface area contributed by atoms with Gasteiger partial charge >= 0.3 is 0 Å². The molecule has 8 nitrogen and oxygen atoms in total. The number of benzene rings is 1. The fourth-order valence-electron chi connectivity index (χ4n) is 4.23. The predicted octanol–water partition coefficient (Wildman–Crippen LogP) is 1.26. The number of carbonyl (C=O) groups excluding carboxylic acids is 1. The predicted molar refractivity (Wildman–Crippen MR) is 111 cm³/mol. The zero-order valence-electron chi connectivity index (χ0n) is 17.3. The maximum absolute atomic E-state index is 14.5. The highest BCUT2D eigenvalue weighted by atomic mass is 32.2. The first-order valence-corrected chi connectivity index (χ1v) is 11.4. The van der Waals surface area contributed by atoms with E-state index in [1.165, 1.54) is 27.4 Å². The summed E-state index contributed by atoms with van der Waals surface area (Å²) in [5.74, 6) is -1.43. The van der Waals surface area contributed by atoms with E-state index in [1.54, 1.807) is 24.7 Å². The number of amides is 1. The van der Waals surface area contributed by atoms with Crippen LogP contribution in [-0.4, -0.2) is 61.9 Å². The number of ether oxygens (including phenoxy) is 1. The van der Waals surface area contributed by atoms with Crippen LogP contribution in [0, 0.1) is 11.7 Å². The van der Waals surface area contributed by atoms with Crippen LogP contribution in [0.3, 0.4) is 0 Å². The molecule has 0 aliphatic carbocycles. The van der Waals surface area contributed by atoms with Gasteiger partial charge in [-0.3, -0.25) is 9.59 Å². The summed E-state index contributed by atoms with van der Waals surface area (Å²) in [6.07, 6.45) is 0.816. The first-order chi connectivity index (χ1) is 14.7. The van der Waals surface area contributed by atoms with E-state index in [1.807, 2.05) is 6.07 Å². The fourth-order valence-corrected chi connectivity index (χ4v) is 5.80. The molecule has 2 aromatic rings. The lowest BCUT2D eigenvalue weighted by atomic mass is 9.84. The number of fused-ring (bicyclic) bond motifs is 4. The van der Waals surface area contributed by atoms with Gasteiger partial charge in [-0.2, -0.15) is 4.31 Å². The number of likely N-dealkylation sites (N-methyl/N-ethyl adjacent to an activating group) is 1. The summed E-state index contributed by atoms with van der Waals surface area (Å²) < 4.78 is 49.2. The molecule has 31 heavy (non-hydrogen) atoms. The molecule has 1 aromatic carbocycles. The molecule has 10 heteroatoms. The van der Waals surface area contributed by atoms with Crippen LogP contribution in [0.5, 0.6) is 5.75 Å². The molecule has 4 rings (SSSR count). The molecule has 2 atom stereocenters. The topological polar surface area (TPSA) is 88.9 Å². The van der Waals surface area contributed by atoms with Crippen molar-refractivity contribution in [2.24, 2.45) is 5.92 Å². The molecule has 1 fully saturated rings. The zero-order valence-corrected chi connectivity index (χ0v) is 18.1. The summed E-state index contributed by atoms with van der Waals surface area (Å²) in [4.78, 5) is 24.9. The van der Waals surface area contributed by atoms with Gasteiger partial charge in [-0.25, -0.2) is 12.8 Å². The van der Waals surface area contributed by atoms with Crippen molar-refractivity contribution >= 4 is 15.9 Å². The van der Waals surface area contributed by atoms with Gasteiger partial charge in [0.25, 0.3) is 11.5 Å². The van der Waals surface area contributed by atoms with Crippen LogP contribution >= 0.6 is 0 Å². The zero-order chi connectivity index (χ0) is 22.3. The smallest absolute Gasteiger partial charge is 0.259 e. The molecule has 166 valence electrons. The Morgan fingerprint density at radius 3 is 2.68 bits per heavy atom. The minimum atomic E-state index is -3.93. The quantitative estimate of drug-likeness (QED) is 0.686. The first kappa shape index (κ1) is 21.5. The van der Waals surface area contributed by atoms with Crippen LogP contribution in [0.25, 0.3) is 0 Å². The Hall–Kier alpha value is -2.72. The van der Waals surface area contributed by atoms with Crippen LogP contribution in [-0.2, 0) is 21.4 Å². The van der Waals surface area contributed by atoms with Gasteiger partial charge in [0.2, 0.25) is 10.0 Å². The number of nitrogens with zero attached hydrogens (tertiary/aromatic N) is 3. The summed E-state index contributed by atoms with van der Waals surface area (Å²) in [5, 5.41) is 0. The van der Waals surface area contributed by atoms with Gasteiger partial charge < -0.3 is 14.2 Å². The van der Waals surface area contributed by atoms with E-state index < -0.39 is 15.8 Å². The van der Waals surface area contributed by atoms with E-state index >= 15 is 0 Å². The largest absolute Gasteiger partial charge is 0.481 e. The van der Waals surface area contributed by atoms with Crippen molar-refractivity contribution < 1.29 is 22.3 Å². The number of sulfonamides is 1. The highest BCUT2D eigenvalue weighted by Gasteiger charge is 2.39. The lowest BCUT2D eigenvalue weighted by molar-refractivity contribution is -0.130. The Balaban J connectivity index is 1.55. The minimum absolute atomic E-state index is 0.0191. The molecule has 1 amide bonds. The summed E-state index contributed by atoms with van der Waals surface area (Å²) in [5.41, 5.74) is 0.762. The summed E-state index contributed by atoms with van der Waals surface area (Å²) in [6, 6.07) is 8.50. The molecular formula is C21H24FN3O5S. The summed E-state index contributed by atoms with van der Waals surface area (Å²) in [7, 11) is -0.813. The van der Waals surface area contributed by atoms with Gasteiger partial charge in [-0.1, -0.05) is 6.07 Å². The third kappa shape index (κ3) is 4.09. The van der Waals surface area contributed by atoms with E-state index in [9.17, 15) is 22.4 Å². The lowest BCUT2D eigenvalue weighted by Gasteiger charge is -2.42. The van der Waals surface area contributed by atoms with Gasteiger partial charge in [0, 0.05) is 51.4 Å². The number of aromatic nitrogens is 1. The highest BCUT2D eigenvalue weighted by Crippen LogP contribution is 2.37. The van der Waals surface area contributed by atoms with Crippen LogP contribution in [0.4, 0.5) is 4.39 Å². The summed E-state index contributed by atoms with van der Waals surface area (Å²) >= 11 is 0. The molecular weight excluding hydrogens is 425 g/mol. The first-order valence-electron chi connectivity index (χ1n) is 9.99. The van der Waals surface area contributed by atoms with E-state index in [2.05, 4.69) is 0 Å². The molecule has 1 aromatic heterocycles. The molecule has 0 N–H and O–H groups in total. The van der Waals surface area contributed by atoms with Crippen molar-refractivity contribution in [2.75, 3.05) is 33.8 Å². The van der Waals surface area contributed by atoms with Crippen LogP contribution in [0.15, 0.2) is 46.1 Å².